The molecule has 0 atom stereocenters. The fourth-order valence-corrected chi connectivity index (χ4v) is 1.97. The first-order chi connectivity index (χ1) is 7.06. The molecular formula is C10H7BrFNO2. The number of amides is 1. The molecule has 15 heavy (non-hydrogen) atoms. The summed E-state index contributed by atoms with van der Waals surface area (Å²) in [6.07, 6.45) is -0.0892. The van der Waals surface area contributed by atoms with Crippen molar-refractivity contribution in [2.45, 2.75) is 6.42 Å². The third-order valence-corrected chi connectivity index (χ3v) is 2.60. The van der Waals surface area contributed by atoms with Crippen LogP contribution in [-0.2, 0) is 9.59 Å². The van der Waals surface area contributed by atoms with Gasteiger partial charge in [0.25, 0.3) is 0 Å². The molecule has 0 radical (unpaired) electrons. The quantitative estimate of drug-likeness (QED) is 0.732. The molecule has 78 valence electrons. The standard InChI is InChI=1S/C10H7BrFNO2/c11-6-1-7(12)3-8(2-6)13-5-9(14)4-10(13)15/h1-3H,4-5H2. The van der Waals surface area contributed by atoms with Crippen LogP contribution in [-0.4, -0.2) is 18.2 Å². The van der Waals surface area contributed by atoms with Gasteiger partial charge in [-0.25, -0.2) is 4.39 Å². The summed E-state index contributed by atoms with van der Waals surface area (Å²) in [5, 5.41) is 0. The fourth-order valence-electron chi connectivity index (χ4n) is 1.51. The Hall–Kier alpha value is -1.23. The summed E-state index contributed by atoms with van der Waals surface area (Å²) >= 11 is 3.13. The number of rotatable bonds is 1. The van der Waals surface area contributed by atoms with Crippen LogP contribution in [0.1, 0.15) is 6.42 Å². The molecule has 0 N–H and O–H groups in total. The van der Waals surface area contributed by atoms with Crippen LogP contribution in [0.15, 0.2) is 22.7 Å². The van der Waals surface area contributed by atoms with Gasteiger partial charge in [-0.3, -0.25) is 9.59 Å². The number of carbonyl (C=O) groups is 2. The molecule has 0 saturated carbocycles. The van der Waals surface area contributed by atoms with Crippen LogP contribution in [0, 0.1) is 5.82 Å². The molecule has 1 aliphatic rings. The maximum Gasteiger partial charge on any atom is 0.234 e. The van der Waals surface area contributed by atoms with Gasteiger partial charge in [0.05, 0.1) is 13.0 Å². The zero-order valence-corrected chi connectivity index (χ0v) is 9.25. The minimum absolute atomic E-state index is 0.0364. The van der Waals surface area contributed by atoms with Crippen LogP contribution in [0.2, 0.25) is 0 Å². The van der Waals surface area contributed by atoms with Crippen molar-refractivity contribution in [2.24, 2.45) is 0 Å². The predicted molar refractivity (Wildman–Crippen MR) is 56.1 cm³/mol. The Balaban J connectivity index is 2.37. The molecule has 0 aliphatic carbocycles. The van der Waals surface area contributed by atoms with Crippen molar-refractivity contribution in [3.63, 3.8) is 0 Å². The van der Waals surface area contributed by atoms with Gasteiger partial charge in [0.1, 0.15) is 5.82 Å². The molecule has 2 rings (SSSR count). The van der Waals surface area contributed by atoms with E-state index in [1.54, 1.807) is 6.07 Å². The molecule has 1 saturated heterocycles. The molecule has 5 heteroatoms. The second-order valence-corrected chi connectivity index (χ2v) is 4.24. The van der Waals surface area contributed by atoms with E-state index in [0.717, 1.165) is 0 Å². The number of carbonyl (C=O) groups excluding carboxylic acids is 2. The highest BCUT2D eigenvalue weighted by molar-refractivity contribution is 9.10. The van der Waals surface area contributed by atoms with Crippen molar-refractivity contribution in [3.05, 3.63) is 28.5 Å². The van der Waals surface area contributed by atoms with Crippen molar-refractivity contribution < 1.29 is 14.0 Å². The zero-order chi connectivity index (χ0) is 11.0. The molecule has 0 bridgehead atoms. The van der Waals surface area contributed by atoms with Crippen LogP contribution in [0.5, 0.6) is 0 Å². The molecule has 1 aliphatic heterocycles. The lowest BCUT2D eigenvalue weighted by molar-refractivity contribution is -0.121. The zero-order valence-electron chi connectivity index (χ0n) is 7.67. The summed E-state index contributed by atoms with van der Waals surface area (Å²) in [5.41, 5.74) is 0.415. The average molecular weight is 272 g/mol. The van der Waals surface area contributed by atoms with Gasteiger partial charge < -0.3 is 4.90 Å². The minimum Gasteiger partial charge on any atom is -0.304 e. The highest BCUT2D eigenvalue weighted by atomic mass is 79.9. The van der Waals surface area contributed by atoms with Gasteiger partial charge in [-0.1, -0.05) is 15.9 Å². The first-order valence-electron chi connectivity index (χ1n) is 4.34. The number of Topliss-reactive ketones (excluding diaryl/α,β-unsaturated/α-hetero) is 1. The maximum atomic E-state index is 13.1. The number of benzene rings is 1. The summed E-state index contributed by atoms with van der Waals surface area (Å²) in [7, 11) is 0. The van der Waals surface area contributed by atoms with Crippen molar-refractivity contribution in [1.82, 2.24) is 0 Å². The highest BCUT2D eigenvalue weighted by Gasteiger charge is 2.28. The van der Waals surface area contributed by atoms with Gasteiger partial charge in [0.15, 0.2) is 5.78 Å². The molecular weight excluding hydrogens is 265 g/mol. The van der Waals surface area contributed by atoms with E-state index in [-0.39, 0.29) is 24.7 Å². The van der Waals surface area contributed by atoms with E-state index >= 15 is 0 Å². The van der Waals surface area contributed by atoms with Gasteiger partial charge in [0, 0.05) is 10.2 Å². The summed E-state index contributed by atoms with van der Waals surface area (Å²) < 4.78 is 13.6. The number of ketones is 1. The third kappa shape index (κ3) is 2.07. The Kier molecular flexibility index (Phi) is 2.56. The van der Waals surface area contributed by atoms with E-state index in [0.29, 0.717) is 10.2 Å². The third-order valence-electron chi connectivity index (χ3n) is 2.14. The molecule has 3 nitrogen and oxygen atoms in total. The second-order valence-electron chi connectivity index (χ2n) is 3.32. The maximum absolute atomic E-state index is 13.1. The lowest BCUT2D eigenvalue weighted by atomic mass is 10.3. The van der Waals surface area contributed by atoms with Crippen LogP contribution in [0.3, 0.4) is 0 Å². The van der Waals surface area contributed by atoms with E-state index < -0.39 is 5.82 Å². The SMILES string of the molecule is O=C1CC(=O)N(c2cc(F)cc(Br)c2)C1. The van der Waals surface area contributed by atoms with Crippen molar-refractivity contribution in [3.8, 4) is 0 Å². The number of anilines is 1. The number of hydrogen-bond donors (Lipinski definition) is 0. The van der Waals surface area contributed by atoms with Gasteiger partial charge in [-0.05, 0) is 18.2 Å². The van der Waals surface area contributed by atoms with E-state index in [1.165, 1.54) is 17.0 Å². The second kappa shape index (κ2) is 3.73. The normalized spacial score (nSPS) is 16.3. The molecule has 1 amide bonds. The lowest BCUT2D eigenvalue weighted by Crippen LogP contribution is -2.24. The van der Waals surface area contributed by atoms with Gasteiger partial charge in [0.2, 0.25) is 5.91 Å². The number of nitrogens with zero attached hydrogens (tertiary/aromatic N) is 1. The molecule has 0 unspecified atom stereocenters. The Morgan fingerprint density at radius 1 is 1.27 bits per heavy atom. The highest BCUT2D eigenvalue weighted by Crippen LogP contribution is 2.24. The first kappa shape index (κ1) is 10.3. The monoisotopic (exact) mass is 271 g/mol. The van der Waals surface area contributed by atoms with Crippen LogP contribution < -0.4 is 4.90 Å². The largest absolute Gasteiger partial charge is 0.304 e. The molecule has 1 aromatic carbocycles. The Labute approximate surface area is 94.0 Å². The smallest absolute Gasteiger partial charge is 0.234 e. The van der Waals surface area contributed by atoms with Crippen molar-refractivity contribution in [1.29, 1.82) is 0 Å². The molecule has 1 aromatic rings. The topological polar surface area (TPSA) is 37.4 Å². The van der Waals surface area contributed by atoms with Gasteiger partial charge >= 0.3 is 0 Å². The molecule has 1 heterocycles. The summed E-state index contributed by atoms with van der Waals surface area (Å²) in [4.78, 5) is 23.7. The molecule has 1 fully saturated rings. The lowest BCUT2D eigenvalue weighted by Gasteiger charge is -2.14. The first-order valence-corrected chi connectivity index (χ1v) is 5.14. The van der Waals surface area contributed by atoms with Crippen LogP contribution in [0.25, 0.3) is 0 Å². The molecule has 0 spiro atoms. The van der Waals surface area contributed by atoms with E-state index in [4.69, 9.17) is 0 Å². The summed E-state index contributed by atoms with van der Waals surface area (Å²) in [6.45, 7) is 0.0364. The summed E-state index contributed by atoms with van der Waals surface area (Å²) in [5.74, 6) is -0.857. The Morgan fingerprint density at radius 2 is 2.00 bits per heavy atom. The predicted octanol–water partition coefficient (Wildman–Crippen LogP) is 1.89. The molecule has 0 aromatic heterocycles. The Morgan fingerprint density at radius 3 is 2.53 bits per heavy atom. The van der Waals surface area contributed by atoms with E-state index in [9.17, 15) is 14.0 Å². The van der Waals surface area contributed by atoms with Crippen LogP contribution in [0.4, 0.5) is 10.1 Å². The summed E-state index contributed by atoms with van der Waals surface area (Å²) in [6, 6.07) is 4.15. The minimum atomic E-state index is -0.438. The van der Waals surface area contributed by atoms with Crippen LogP contribution >= 0.6 is 15.9 Å². The van der Waals surface area contributed by atoms with Crippen molar-refractivity contribution >= 4 is 33.3 Å². The van der Waals surface area contributed by atoms with Crippen molar-refractivity contribution in [2.75, 3.05) is 11.4 Å². The fraction of sp³-hybridized carbons (Fsp3) is 0.200. The average Bonchev–Trinajstić information content (AvgIpc) is 2.43. The van der Waals surface area contributed by atoms with E-state index in [1.807, 2.05) is 0 Å². The Bertz CT molecular complexity index is 427. The van der Waals surface area contributed by atoms with Gasteiger partial charge in [-0.2, -0.15) is 0 Å². The number of hydrogen-bond acceptors (Lipinski definition) is 2. The van der Waals surface area contributed by atoms with E-state index in [2.05, 4.69) is 15.9 Å². The number of halogens is 2. The van der Waals surface area contributed by atoms with Gasteiger partial charge in [-0.15, -0.1) is 0 Å².